The molecule has 1 unspecified atom stereocenters. The van der Waals surface area contributed by atoms with E-state index < -0.39 is 41.4 Å². The summed E-state index contributed by atoms with van der Waals surface area (Å²) in [7, 11) is 3.48. The largest absolute Gasteiger partial charge is 0.508 e. The molecule has 3 nitrogen and oxygen atoms in total. The van der Waals surface area contributed by atoms with Crippen LogP contribution in [0, 0.1) is 0 Å². The molecule has 2 N–H and O–H groups in total. The molecule has 3 heteroatoms. The van der Waals surface area contributed by atoms with Crippen LogP contribution in [0.25, 0.3) is 0 Å². The van der Waals surface area contributed by atoms with Gasteiger partial charge in [-0.3, -0.25) is 0 Å². The second-order valence-electron chi connectivity index (χ2n) is 5.53. The molecule has 1 saturated carbocycles. The first-order valence-electron chi connectivity index (χ1n) is 9.22. The lowest BCUT2D eigenvalue weighted by Crippen LogP contribution is -2.42. The number of aliphatic hydroxyl groups is 1. The van der Waals surface area contributed by atoms with Crippen molar-refractivity contribution < 1.29 is 17.1 Å². The Morgan fingerprint density at radius 1 is 1.26 bits per heavy atom. The summed E-state index contributed by atoms with van der Waals surface area (Å²) in [5.74, 6) is -2.44. The fraction of sp³-hybridized carbons (Fsp3) is 0.625. The van der Waals surface area contributed by atoms with Gasteiger partial charge < -0.3 is 15.1 Å². The van der Waals surface area contributed by atoms with Crippen molar-refractivity contribution >= 4 is 0 Å². The molecular weight excluding hydrogens is 238 g/mol. The minimum atomic E-state index is -1.72. The number of aromatic hydroxyl groups is 1. The van der Waals surface area contributed by atoms with E-state index in [0.717, 1.165) is 19.3 Å². The molecular formula is C16H25NO2. The summed E-state index contributed by atoms with van der Waals surface area (Å²) in [4.78, 5) is 1.71. The summed E-state index contributed by atoms with van der Waals surface area (Å²) in [6, 6.07) is -2.05. The van der Waals surface area contributed by atoms with E-state index in [9.17, 15) is 10.2 Å². The summed E-state index contributed by atoms with van der Waals surface area (Å²) in [5.41, 5.74) is -1.58. The van der Waals surface area contributed by atoms with Gasteiger partial charge >= 0.3 is 0 Å². The van der Waals surface area contributed by atoms with Crippen LogP contribution in [0.5, 0.6) is 5.75 Å². The van der Waals surface area contributed by atoms with Gasteiger partial charge in [-0.1, -0.05) is 31.3 Å². The molecule has 0 heterocycles. The van der Waals surface area contributed by atoms with Crippen molar-refractivity contribution in [2.24, 2.45) is 0 Å². The van der Waals surface area contributed by atoms with Gasteiger partial charge in [0.15, 0.2) is 0 Å². The van der Waals surface area contributed by atoms with E-state index in [-0.39, 0.29) is 12.1 Å². The molecule has 0 amide bonds. The van der Waals surface area contributed by atoms with Gasteiger partial charge in [0.2, 0.25) is 0 Å². The van der Waals surface area contributed by atoms with Gasteiger partial charge in [-0.25, -0.2) is 0 Å². The number of phenols is 1. The van der Waals surface area contributed by atoms with Gasteiger partial charge in [0.25, 0.3) is 0 Å². The maximum atomic E-state index is 11.2. The molecule has 0 saturated heterocycles. The van der Waals surface area contributed by atoms with Crippen molar-refractivity contribution in [3.05, 3.63) is 29.7 Å². The first kappa shape index (κ1) is 8.98. The maximum absolute atomic E-state index is 11.2. The number of rotatable bonds is 4. The maximum Gasteiger partial charge on any atom is 0.115 e. The van der Waals surface area contributed by atoms with Gasteiger partial charge in [-0.2, -0.15) is 0 Å². The molecule has 19 heavy (non-hydrogen) atoms. The molecule has 1 aromatic carbocycles. The number of benzene rings is 1. The summed E-state index contributed by atoms with van der Waals surface area (Å²) < 4.78 is 41.1. The molecule has 1 fully saturated rings. The lowest BCUT2D eigenvalue weighted by molar-refractivity contribution is -0.0277. The van der Waals surface area contributed by atoms with E-state index in [2.05, 4.69) is 0 Å². The van der Waals surface area contributed by atoms with Crippen molar-refractivity contribution in [1.29, 1.82) is 0 Å². The number of hydrogen-bond acceptors (Lipinski definition) is 3. The highest BCUT2D eigenvalue weighted by Gasteiger charge is 2.38. The third-order valence-electron chi connectivity index (χ3n) is 3.63. The number of likely N-dealkylation sites (N-methyl/N-ethyl adjacent to an activating group) is 1. The van der Waals surface area contributed by atoms with Crippen LogP contribution in [0.1, 0.15) is 50.4 Å². The molecule has 1 aliphatic rings. The average Bonchev–Trinajstić information content (AvgIpc) is 2.51. The molecule has 0 aromatic heterocycles. The first-order valence-corrected chi connectivity index (χ1v) is 6.72. The predicted molar refractivity (Wildman–Crippen MR) is 77.4 cm³/mol. The van der Waals surface area contributed by atoms with Gasteiger partial charge in [-0.05, 0) is 44.6 Å². The monoisotopic (exact) mass is 268 g/mol. The van der Waals surface area contributed by atoms with Crippen LogP contribution < -0.4 is 0 Å². The Morgan fingerprint density at radius 2 is 1.84 bits per heavy atom. The highest BCUT2D eigenvalue weighted by atomic mass is 16.3. The van der Waals surface area contributed by atoms with E-state index in [1.54, 1.807) is 19.0 Å². The van der Waals surface area contributed by atoms with Crippen LogP contribution in [0.15, 0.2) is 24.2 Å². The number of phenolic OH excluding ortho intramolecular Hbond substituents is 1. The van der Waals surface area contributed by atoms with Crippen LogP contribution in [-0.4, -0.2) is 41.4 Å². The molecule has 1 atom stereocenters. The summed E-state index contributed by atoms with van der Waals surface area (Å²) >= 11 is 0. The molecule has 2 rings (SSSR count). The van der Waals surface area contributed by atoms with Crippen molar-refractivity contribution in [2.75, 3.05) is 20.6 Å². The smallest absolute Gasteiger partial charge is 0.115 e. The number of nitrogens with zero attached hydrogens (tertiary/aromatic N) is 1. The van der Waals surface area contributed by atoms with Crippen molar-refractivity contribution in [1.82, 2.24) is 4.90 Å². The van der Waals surface area contributed by atoms with Crippen LogP contribution in [0.2, 0.25) is 0 Å². The topological polar surface area (TPSA) is 43.7 Å². The molecule has 0 radical (unpaired) electrons. The molecule has 106 valence electrons. The summed E-state index contributed by atoms with van der Waals surface area (Å²) in [6.45, 7) is 0.0604. The van der Waals surface area contributed by atoms with E-state index in [1.807, 2.05) is 0 Å². The average molecular weight is 268 g/mol. The third kappa shape index (κ3) is 3.48. The SMILES string of the molecule is [2H]c1c([2H])c(C([2H])(CN(C)C)C2(O)CCCCC2)c([2H])c([2H])c1O. The van der Waals surface area contributed by atoms with E-state index in [4.69, 9.17) is 6.85 Å². The van der Waals surface area contributed by atoms with Crippen LogP contribution in [0.3, 0.4) is 0 Å². The zero-order valence-corrected chi connectivity index (χ0v) is 11.6. The second kappa shape index (κ2) is 5.93. The van der Waals surface area contributed by atoms with Crippen molar-refractivity contribution in [3.63, 3.8) is 0 Å². The van der Waals surface area contributed by atoms with Gasteiger partial charge in [0.05, 0.1) is 11.1 Å². The minimum Gasteiger partial charge on any atom is -0.508 e. The lowest BCUT2D eigenvalue weighted by atomic mass is 9.72. The summed E-state index contributed by atoms with van der Waals surface area (Å²) in [6.07, 6.45) is 3.23. The molecule has 0 bridgehead atoms. The van der Waals surface area contributed by atoms with Crippen LogP contribution in [-0.2, 0) is 0 Å². The third-order valence-corrected chi connectivity index (χ3v) is 3.63. The Kier molecular flexibility index (Phi) is 2.80. The van der Waals surface area contributed by atoms with Crippen molar-refractivity contribution in [2.45, 2.75) is 43.6 Å². The van der Waals surface area contributed by atoms with E-state index >= 15 is 0 Å². The zero-order chi connectivity index (χ0) is 18.3. The number of hydrogen-bond donors (Lipinski definition) is 2. The Labute approximate surface area is 122 Å². The minimum absolute atomic E-state index is 0.0604. The lowest BCUT2D eigenvalue weighted by Gasteiger charge is -2.40. The first-order chi connectivity index (χ1) is 11.0. The standard InChI is InChI=1S/C16H25NO2/c1-17(2)12-15(13-6-8-14(18)9-7-13)16(19)10-4-3-5-11-16/h6-9,15,18-19H,3-5,10-12H2,1-2H3/i6D,7D,8D,9D,15D. The normalized spacial score (nSPS) is 25.8. The van der Waals surface area contributed by atoms with Gasteiger partial charge in [0.1, 0.15) is 5.75 Å². The quantitative estimate of drug-likeness (QED) is 0.882. The molecule has 1 aromatic rings. The highest BCUT2D eigenvalue weighted by Crippen LogP contribution is 2.40. The fourth-order valence-electron chi connectivity index (χ4n) is 2.67. The predicted octanol–water partition coefficient (Wildman–Crippen LogP) is 2.73. The Bertz CT molecular complexity index is 602. The molecule has 1 aliphatic carbocycles. The van der Waals surface area contributed by atoms with Gasteiger partial charge in [0, 0.05) is 13.8 Å². The van der Waals surface area contributed by atoms with Gasteiger partial charge in [-0.15, -0.1) is 0 Å². The molecule has 0 spiro atoms. The zero-order valence-electron chi connectivity index (χ0n) is 16.6. The molecule has 0 aliphatic heterocycles. The van der Waals surface area contributed by atoms with Crippen molar-refractivity contribution in [3.8, 4) is 5.75 Å². The van der Waals surface area contributed by atoms with E-state index in [0.29, 0.717) is 12.8 Å². The summed E-state index contributed by atoms with van der Waals surface area (Å²) in [5, 5.41) is 21.0. The van der Waals surface area contributed by atoms with E-state index in [1.165, 1.54) is 0 Å². The Balaban J connectivity index is 2.74. The van der Waals surface area contributed by atoms with Crippen LogP contribution >= 0.6 is 0 Å². The highest BCUT2D eigenvalue weighted by molar-refractivity contribution is 5.30. The van der Waals surface area contributed by atoms with Crippen LogP contribution in [0.4, 0.5) is 0 Å². The Morgan fingerprint density at radius 3 is 2.37 bits per heavy atom. The second-order valence-corrected chi connectivity index (χ2v) is 5.53. The Hall–Kier alpha value is -1.06. The fourth-order valence-corrected chi connectivity index (χ4v) is 2.67.